The van der Waals surface area contributed by atoms with Gasteiger partial charge in [0.2, 0.25) is 0 Å². The van der Waals surface area contributed by atoms with Crippen LogP contribution >= 0.6 is 12.6 Å². The van der Waals surface area contributed by atoms with E-state index in [1.54, 1.807) is 0 Å². The summed E-state index contributed by atoms with van der Waals surface area (Å²) in [7, 11) is 0. The molecule has 0 fully saturated rings. The van der Waals surface area contributed by atoms with Crippen LogP contribution in [-0.4, -0.2) is 4.98 Å². The number of aromatic nitrogens is 1. The van der Waals surface area contributed by atoms with Gasteiger partial charge in [0.15, 0.2) is 0 Å². The van der Waals surface area contributed by atoms with Gasteiger partial charge in [-0.25, -0.2) is 0 Å². The molecule has 0 saturated heterocycles. The van der Waals surface area contributed by atoms with Gasteiger partial charge in [-0.05, 0) is 19.9 Å². The zero-order chi connectivity index (χ0) is 6.15. The van der Waals surface area contributed by atoms with Crippen LogP contribution in [-0.2, 0) is 0 Å². The maximum absolute atomic E-state index is 4.19. The molecule has 0 atom stereocenters. The fourth-order valence-electron chi connectivity index (χ4n) is 0.709. The number of rotatable bonds is 0. The molecule has 0 radical (unpaired) electrons. The Hall–Kier alpha value is -0.370. The standard InChI is InChI=1S/C6H9NS/c1-4-3-6(8)5(2)7-4/h3,7-8H,1-2H3. The molecule has 0 aromatic carbocycles. The van der Waals surface area contributed by atoms with Crippen molar-refractivity contribution < 1.29 is 0 Å². The van der Waals surface area contributed by atoms with Crippen molar-refractivity contribution in [3.8, 4) is 0 Å². The van der Waals surface area contributed by atoms with Gasteiger partial charge in [0.05, 0.1) is 0 Å². The van der Waals surface area contributed by atoms with Crippen LogP contribution in [0.15, 0.2) is 11.0 Å². The third kappa shape index (κ3) is 0.892. The van der Waals surface area contributed by atoms with Gasteiger partial charge in [0, 0.05) is 16.3 Å². The molecule has 1 aromatic heterocycles. The summed E-state index contributed by atoms with van der Waals surface area (Å²) in [5, 5.41) is 0. The number of thiol groups is 1. The molecule has 0 bridgehead atoms. The van der Waals surface area contributed by atoms with E-state index in [0.29, 0.717) is 0 Å². The molecule has 1 N–H and O–H groups in total. The van der Waals surface area contributed by atoms with Crippen LogP contribution in [0.3, 0.4) is 0 Å². The van der Waals surface area contributed by atoms with E-state index in [0.717, 1.165) is 10.6 Å². The second kappa shape index (κ2) is 1.86. The highest BCUT2D eigenvalue weighted by Gasteiger charge is 1.93. The minimum absolute atomic E-state index is 1.04. The zero-order valence-corrected chi connectivity index (χ0v) is 5.92. The summed E-state index contributed by atoms with van der Waals surface area (Å²) in [4.78, 5) is 4.17. The highest BCUT2D eigenvalue weighted by atomic mass is 32.1. The van der Waals surface area contributed by atoms with Crippen molar-refractivity contribution in [1.82, 2.24) is 4.98 Å². The highest BCUT2D eigenvalue weighted by Crippen LogP contribution is 2.12. The van der Waals surface area contributed by atoms with Gasteiger partial charge in [-0.2, -0.15) is 0 Å². The smallest absolute Gasteiger partial charge is 0.0253 e. The van der Waals surface area contributed by atoms with Crippen LogP contribution < -0.4 is 0 Å². The third-order valence-corrected chi connectivity index (χ3v) is 1.59. The number of H-pyrrole nitrogens is 1. The van der Waals surface area contributed by atoms with Gasteiger partial charge in [0.25, 0.3) is 0 Å². The van der Waals surface area contributed by atoms with Gasteiger partial charge in [-0.1, -0.05) is 0 Å². The number of nitrogens with one attached hydrogen (secondary N) is 1. The van der Waals surface area contributed by atoms with Crippen LogP contribution in [0.1, 0.15) is 11.4 Å². The second-order valence-corrected chi connectivity index (χ2v) is 2.44. The fraction of sp³-hybridized carbons (Fsp3) is 0.333. The largest absolute Gasteiger partial charge is 0.362 e. The maximum atomic E-state index is 4.19. The summed E-state index contributed by atoms with van der Waals surface area (Å²) in [6, 6.07) is 2.01. The molecule has 0 aliphatic heterocycles. The van der Waals surface area contributed by atoms with Crippen LogP contribution in [0.2, 0.25) is 0 Å². The molecule has 0 spiro atoms. The Kier molecular flexibility index (Phi) is 1.34. The Bertz CT molecular complexity index is 171. The fourth-order valence-corrected chi connectivity index (χ4v) is 0.959. The quantitative estimate of drug-likeness (QED) is 0.495. The van der Waals surface area contributed by atoms with Crippen LogP contribution in [0, 0.1) is 13.8 Å². The van der Waals surface area contributed by atoms with E-state index in [-0.39, 0.29) is 0 Å². The Morgan fingerprint density at radius 2 is 2.12 bits per heavy atom. The molecule has 1 heterocycles. The molecule has 1 aromatic rings. The first-order valence-electron chi connectivity index (χ1n) is 2.55. The molecule has 0 amide bonds. The van der Waals surface area contributed by atoms with Crippen molar-refractivity contribution in [2.24, 2.45) is 0 Å². The van der Waals surface area contributed by atoms with Crippen molar-refractivity contribution in [3.63, 3.8) is 0 Å². The number of aromatic amines is 1. The molecule has 0 aliphatic carbocycles. The first-order chi connectivity index (χ1) is 3.70. The van der Waals surface area contributed by atoms with Gasteiger partial charge >= 0.3 is 0 Å². The van der Waals surface area contributed by atoms with E-state index in [2.05, 4.69) is 17.6 Å². The summed E-state index contributed by atoms with van der Waals surface area (Å²) in [6.07, 6.45) is 0. The summed E-state index contributed by atoms with van der Waals surface area (Å²) in [6.45, 7) is 4.03. The Labute approximate surface area is 54.5 Å². The monoisotopic (exact) mass is 127 g/mol. The lowest BCUT2D eigenvalue weighted by atomic mass is 10.4. The topological polar surface area (TPSA) is 15.8 Å². The van der Waals surface area contributed by atoms with E-state index in [1.807, 2.05) is 19.9 Å². The summed E-state index contributed by atoms with van der Waals surface area (Å²) in [5.41, 5.74) is 2.32. The van der Waals surface area contributed by atoms with Crippen LogP contribution in [0.25, 0.3) is 0 Å². The molecule has 2 heteroatoms. The first kappa shape index (κ1) is 5.76. The molecular formula is C6H9NS. The predicted octanol–water partition coefficient (Wildman–Crippen LogP) is 1.92. The van der Waals surface area contributed by atoms with E-state index in [4.69, 9.17) is 0 Å². The number of hydrogen-bond acceptors (Lipinski definition) is 1. The van der Waals surface area contributed by atoms with E-state index >= 15 is 0 Å². The number of aryl methyl sites for hydroxylation is 2. The molecular weight excluding hydrogens is 118 g/mol. The lowest BCUT2D eigenvalue weighted by Crippen LogP contribution is -1.69. The predicted molar refractivity (Wildman–Crippen MR) is 37.5 cm³/mol. The van der Waals surface area contributed by atoms with Crippen molar-refractivity contribution in [2.45, 2.75) is 18.7 Å². The van der Waals surface area contributed by atoms with Crippen molar-refractivity contribution in [1.29, 1.82) is 0 Å². The SMILES string of the molecule is Cc1cc(S)c(C)[nH]1. The lowest BCUT2D eigenvalue weighted by Gasteiger charge is -1.81. The van der Waals surface area contributed by atoms with Gasteiger partial charge < -0.3 is 4.98 Å². The highest BCUT2D eigenvalue weighted by molar-refractivity contribution is 7.80. The summed E-state index contributed by atoms with van der Waals surface area (Å²) >= 11 is 4.19. The third-order valence-electron chi connectivity index (χ3n) is 1.12. The van der Waals surface area contributed by atoms with Crippen molar-refractivity contribution in [3.05, 3.63) is 17.5 Å². The van der Waals surface area contributed by atoms with Gasteiger partial charge in [-0.3, -0.25) is 0 Å². The molecule has 8 heavy (non-hydrogen) atoms. The van der Waals surface area contributed by atoms with Crippen molar-refractivity contribution >= 4 is 12.6 Å². The lowest BCUT2D eigenvalue weighted by molar-refractivity contribution is 1.16. The number of hydrogen-bond donors (Lipinski definition) is 2. The maximum Gasteiger partial charge on any atom is 0.0253 e. The average Bonchev–Trinajstić information content (AvgIpc) is 1.85. The molecule has 1 rings (SSSR count). The molecule has 44 valence electrons. The molecule has 0 saturated carbocycles. The Morgan fingerprint density at radius 3 is 2.25 bits per heavy atom. The van der Waals surface area contributed by atoms with Crippen molar-refractivity contribution in [2.75, 3.05) is 0 Å². The second-order valence-electron chi connectivity index (χ2n) is 1.96. The van der Waals surface area contributed by atoms with E-state index in [9.17, 15) is 0 Å². The summed E-state index contributed by atoms with van der Waals surface area (Å²) < 4.78 is 0. The normalized spacial score (nSPS) is 9.88. The van der Waals surface area contributed by atoms with Crippen LogP contribution in [0.4, 0.5) is 0 Å². The minimum atomic E-state index is 1.04. The first-order valence-corrected chi connectivity index (χ1v) is 3.00. The van der Waals surface area contributed by atoms with Crippen LogP contribution in [0.5, 0.6) is 0 Å². The Morgan fingerprint density at radius 1 is 1.50 bits per heavy atom. The van der Waals surface area contributed by atoms with E-state index in [1.165, 1.54) is 5.69 Å². The molecule has 1 nitrogen and oxygen atoms in total. The van der Waals surface area contributed by atoms with E-state index < -0.39 is 0 Å². The average molecular weight is 127 g/mol. The molecule has 0 aliphatic rings. The zero-order valence-electron chi connectivity index (χ0n) is 5.02. The molecule has 0 unspecified atom stereocenters. The Balaban J connectivity index is 3.14. The van der Waals surface area contributed by atoms with Gasteiger partial charge in [-0.15, -0.1) is 12.6 Å². The minimum Gasteiger partial charge on any atom is -0.362 e. The summed E-state index contributed by atoms with van der Waals surface area (Å²) in [5.74, 6) is 0. The van der Waals surface area contributed by atoms with Gasteiger partial charge in [0.1, 0.15) is 0 Å².